The van der Waals surface area contributed by atoms with Crippen LogP contribution in [0.4, 0.5) is 0 Å². The van der Waals surface area contributed by atoms with E-state index in [2.05, 4.69) is 46.5 Å². The van der Waals surface area contributed by atoms with Crippen molar-refractivity contribution in [2.45, 2.75) is 19.8 Å². The van der Waals surface area contributed by atoms with Gasteiger partial charge >= 0.3 is 0 Å². The minimum Gasteiger partial charge on any atom is -0.507 e. The number of benzene rings is 3. The number of aromatic amines is 1. The molecule has 6 nitrogen and oxygen atoms in total. The molecule has 1 aromatic heterocycles. The van der Waals surface area contributed by atoms with Gasteiger partial charge in [0.25, 0.3) is 5.91 Å². The van der Waals surface area contributed by atoms with Crippen molar-refractivity contribution in [2.24, 2.45) is 5.10 Å². The molecular weight excluding hydrogens is 376 g/mol. The Labute approximate surface area is 174 Å². The summed E-state index contributed by atoms with van der Waals surface area (Å²) in [4.78, 5) is 20.1. The molecule has 30 heavy (non-hydrogen) atoms. The van der Waals surface area contributed by atoms with E-state index in [1.807, 2.05) is 18.2 Å². The van der Waals surface area contributed by atoms with Gasteiger partial charge in [-0.1, -0.05) is 50.2 Å². The normalized spacial score (nSPS) is 11.4. The maximum atomic E-state index is 12.5. The van der Waals surface area contributed by atoms with Gasteiger partial charge in [-0.05, 0) is 47.4 Å². The molecule has 1 heterocycles. The van der Waals surface area contributed by atoms with Crippen molar-refractivity contribution in [3.63, 3.8) is 0 Å². The predicted octanol–water partition coefficient (Wildman–Crippen LogP) is 4.82. The van der Waals surface area contributed by atoms with Crippen molar-refractivity contribution in [3.8, 4) is 17.1 Å². The Bertz CT molecular complexity index is 1220. The largest absolute Gasteiger partial charge is 0.507 e. The van der Waals surface area contributed by atoms with Crippen LogP contribution in [0.5, 0.6) is 5.75 Å². The number of aromatic nitrogens is 2. The van der Waals surface area contributed by atoms with Crippen LogP contribution in [0.2, 0.25) is 0 Å². The van der Waals surface area contributed by atoms with Crippen LogP contribution in [-0.2, 0) is 0 Å². The third kappa shape index (κ3) is 4.07. The summed E-state index contributed by atoms with van der Waals surface area (Å²) in [6, 6.07) is 20.2. The monoisotopic (exact) mass is 398 g/mol. The second-order valence-electron chi connectivity index (χ2n) is 7.35. The third-order valence-electron chi connectivity index (χ3n) is 4.89. The van der Waals surface area contributed by atoms with Gasteiger partial charge in [-0.3, -0.25) is 4.79 Å². The molecule has 1 amide bonds. The molecule has 0 saturated carbocycles. The quantitative estimate of drug-likeness (QED) is 0.332. The van der Waals surface area contributed by atoms with Gasteiger partial charge in [-0.2, -0.15) is 5.10 Å². The van der Waals surface area contributed by atoms with E-state index < -0.39 is 0 Å². The predicted molar refractivity (Wildman–Crippen MR) is 119 cm³/mol. The molecule has 4 aromatic rings. The highest BCUT2D eigenvalue weighted by Crippen LogP contribution is 2.28. The number of amides is 1. The molecule has 0 saturated heterocycles. The van der Waals surface area contributed by atoms with Crippen molar-refractivity contribution in [2.75, 3.05) is 0 Å². The topological polar surface area (TPSA) is 90.4 Å². The number of carbonyl (C=O) groups excluding carboxylic acids is 1. The molecule has 0 aliphatic heterocycles. The lowest BCUT2D eigenvalue weighted by atomic mass is 10.0. The van der Waals surface area contributed by atoms with Crippen LogP contribution in [0.1, 0.15) is 41.3 Å². The Kier molecular flexibility index (Phi) is 5.30. The molecule has 0 radical (unpaired) electrons. The molecule has 3 N–H and O–H groups in total. The number of carbonyl (C=O) groups is 1. The summed E-state index contributed by atoms with van der Waals surface area (Å²) in [5, 5.41) is 14.1. The number of phenolic OH excluding ortho intramolecular Hbond substituents is 1. The number of hydrogen-bond acceptors (Lipinski definition) is 4. The Morgan fingerprint density at radius 3 is 2.60 bits per heavy atom. The SMILES string of the molecule is CC(C)c1ccc(/C=N/NC(=O)c2ccc3nc(-c4ccccc4O)[nH]c3c2)cc1. The standard InChI is InChI=1S/C24H22N4O2/c1-15(2)17-9-7-16(8-10-17)14-25-28-24(30)18-11-12-20-21(13-18)27-23(26-20)19-5-3-4-6-22(19)29/h3-15,29H,1-2H3,(H,26,27)(H,28,30)/b25-14+. The van der Waals surface area contributed by atoms with Crippen LogP contribution in [0, 0.1) is 0 Å². The number of imidazole rings is 1. The summed E-state index contributed by atoms with van der Waals surface area (Å²) in [6.07, 6.45) is 1.62. The van der Waals surface area contributed by atoms with E-state index in [0.29, 0.717) is 33.9 Å². The van der Waals surface area contributed by atoms with E-state index in [4.69, 9.17) is 0 Å². The zero-order chi connectivity index (χ0) is 21.1. The summed E-state index contributed by atoms with van der Waals surface area (Å²) < 4.78 is 0. The van der Waals surface area contributed by atoms with E-state index in [0.717, 1.165) is 5.56 Å². The molecule has 0 aliphatic carbocycles. The van der Waals surface area contributed by atoms with Gasteiger partial charge in [0.1, 0.15) is 11.6 Å². The summed E-state index contributed by atoms with van der Waals surface area (Å²) in [5.41, 5.74) is 7.20. The summed E-state index contributed by atoms with van der Waals surface area (Å²) in [7, 11) is 0. The highest BCUT2D eigenvalue weighted by atomic mass is 16.3. The lowest BCUT2D eigenvalue weighted by Gasteiger charge is -2.04. The molecule has 0 aliphatic rings. The Morgan fingerprint density at radius 2 is 1.87 bits per heavy atom. The number of nitrogens with one attached hydrogen (secondary N) is 2. The maximum absolute atomic E-state index is 12.5. The Hall–Kier alpha value is -3.93. The number of para-hydroxylation sites is 1. The van der Waals surface area contributed by atoms with Crippen molar-refractivity contribution in [1.29, 1.82) is 0 Å². The van der Waals surface area contributed by atoms with Crippen LogP contribution in [0.15, 0.2) is 71.8 Å². The van der Waals surface area contributed by atoms with Crippen molar-refractivity contribution in [3.05, 3.63) is 83.4 Å². The average molecular weight is 398 g/mol. The van der Waals surface area contributed by atoms with Gasteiger partial charge < -0.3 is 10.1 Å². The Morgan fingerprint density at radius 1 is 1.10 bits per heavy atom. The number of rotatable bonds is 5. The number of aromatic hydroxyl groups is 1. The van der Waals surface area contributed by atoms with E-state index in [1.54, 1.807) is 42.6 Å². The first-order valence-corrected chi connectivity index (χ1v) is 9.73. The number of nitrogens with zero attached hydrogens (tertiary/aromatic N) is 2. The van der Waals surface area contributed by atoms with E-state index in [-0.39, 0.29) is 11.7 Å². The van der Waals surface area contributed by atoms with Crippen LogP contribution >= 0.6 is 0 Å². The van der Waals surface area contributed by atoms with Crippen LogP contribution in [-0.4, -0.2) is 27.2 Å². The number of H-pyrrole nitrogens is 1. The van der Waals surface area contributed by atoms with Gasteiger partial charge in [0, 0.05) is 5.56 Å². The average Bonchev–Trinajstić information content (AvgIpc) is 3.17. The molecule has 3 aromatic carbocycles. The molecule has 6 heteroatoms. The lowest BCUT2D eigenvalue weighted by Crippen LogP contribution is -2.17. The highest BCUT2D eigenvalue weighted by molar-refractivity contribution is 5.98. The fourth-order valence-electron chi connectivity index (χ4n) is 3.15. The summed E-state index contributed by atoms with van der Waals surface area (Å²) in [6.45, 7) is 4.29. The fraction of sp³-hybridized carbons (Fsp3) is 0.125. The van der Waals surface area contributed by atoms with Crippen LogP contribution < -0.4 is 5.43 Å². The Balaban J connectivity index is 1.48. The van der Waals surface area contributed by atoms with E-state index in [1.165, 1.54) is 5.56 Å². The first-order valence-electron chi connectivity index (χ1n) is 9.73. The van der Waals surface area contributed by atoms with Crippen LogP contribution in [0.25, 0.3) is 22.4 Å². The number of hydrogen-bond donors (Lipinski definition) is 3. The molecule has 0 atom stereocenters. The zero-order valence-electron chi connectivity index (χ0n) is 16.8. The number of fused-ring (bicyclic) bond motifs is 1. The molecule has 0 fully saturated rings. The summed E-state index contributed by atoms with van der Waals surface area (Å²) in [5.74, 6) is 0.846. The highest BCUT2D eigenvalue weighted by Gasteiger charge is 2.11. The van der Waals surface area contributed by atoms with E-state index >= 15 is 0 Å². The minimum absolute atomic E-state index is 0.144. The molecule has 4 rings (SSSR count). The second kappa shape index (κ2) is 8.21. The number of phenols is 1. The smallest absolute Gasteiger partial charge is 0.271 e. The van der Waals surface area contributed by atoms with Gasteiger partial charge in [-0.15, -0.1) is 0 Å². The molecule has 0 unspecified atom stereocenters. The first-order chi connectivity index (χ1) is 14.5. The fourth-order valence-corrected chi connectivity index (χ4v) is 3.15. The van der Waals surface area contributed by atoms with Gasteiger partial charge in [0.15, 0.2) is 0 Å². The van der Waals surface area contributed by atoms with E-state index in [9.17, 15) is 9.90 Å². The molecule has 0 spiro atoms. The maximum Gasteiger partial charge on any atom is 0.271 e. The first kappa shape index (κ1) is 19.4. The van der Waals surface area contributed by atoms with Crippen LogP contribution in [0.3, 0.4) is 0 Å². The third-order valence-corrected chi connectivity index (χ3v) is 4.89. The zero-order valence-corrected chi connectivity index (χ0v) is 16.8. The number of hydrazone groups is 1. The van der Waals surface area contributed by atoms with Gasteiger partial charge in [-0.25, -0.2) is 10.4 Å². The van der Waals surface area contributed by atoms with Gasteiger partial charge in [0.05, 0.1) is 22.8 Å². The minimum atomic E-state index is -0.314. The van der Waals surface area contributed by atoms with Crippen molar-refractivity contribution in [1.82, 2.24) is 15.4 Å². The van der Waals surface area contributed by atoms with Crippen molar-refractivity contribution >= 4 is 23.2 Å². The molecule has 0 bridgehead atoms. The molecular formula is C24H22N4O2. The summed E-state index contributed by atoms with van der Waals surface area (Å²) >= 11 is 0. The van der Waals surface area contributed by atoms with Gasteiger partial charge in [0.2, 0.25) is 0 Å². The lowest BCUT2D eigenvalue weighted by molar-refractivity contribution is 0.0955. The molecule has 150 valence electrons. The van der Waals surface area contributed by atoms with Crippen molar-refractivity contribution < 1.29 is 9.90 Å². The second-order valence-corrected chi connectivity index (χ2v) is 7.35.